The Bertz CT molecular complexity index is 464. The van der Waals surface area contributed by atoms with Crippen LogP contribution >= 0.6 is 0 Å². The van der Waals surface area contributed by atoms with E-state index in [1.807, 2.05) is 6.07 Å². The van der Waals surface area contributed by atoms with E-state index in [4.69, 9.17) is 9.72 Å². The molecule has 1 atom stereocenters. The van der Waals surface area contributed by atoms with Gasteiger partial charge in [-0.3, -0.25) is 0 Å². The van der Waals surface area contributed by atoms with Crippen molar-refractivity contribution in [2.45, 2.75) is 52.0 Å². The van der Waals surface area contributed by atoms with E-state index in [-0.39, 0.29) is 5.41 Å². The molecule has 5 heteroatoms. The Labute approximate surface area is 128 Å². The van der Waals surface area contributed by atoms with Crippen LogP contribution in [-0.2, 0) is 10.2 Å². The van der Waals surface area contributed by atoms with Gasteiger partial charge in [-0.1, -0.05) is 27.7 Å². The molecule has 0 amide bonds. The van der Waals surface area contributed by atoms with Crippen molar-refractivity contribution in [3.63, 3.8) is 0 Å². The topological polar surface area (TPSA) is 50.3 Å². The fourth-order valence-electron chi connectivity index (χ4n) is 2.31. The van der Waals surface area contributed by atoms with Gasteiger partial charge in [0.15, 0.2) is 0 Å². The maximum absolute atomic E-state index is 5.49. The molecule has 1 fully saturated rings. The molecule has 0 saturated carbocycles. The van der Waals surface area contributed by atoms with Crippen LogP contribution in [-0.4, -0.2) is 42.8 Å². The van der Waals surface area contributed by atoms with Gasteiger partial charge in [0.25, 0.3) is 0 Å². The molecule has 0 aromatic carbocycles. The SMILES string of the molecule is CCCNc1cc(N(C)C2CCOC2)nc(C(C)(C)C)n1. The van der Waals surface area contributed by atoms with Gasteiger partial charge < -0.3 is 15.0 Å². The van der Waals surface area contributed by atoms with Gasteiger partial charge in [-0.25, -0.2) is 9.97 Å². The minimum atomic E-state index is -0.0638. The third-order valence-corrected chi connectivity index (χ3v) is 3.75. The largest absolute Gasteiger partial charge is 0.379 e. The molecule has 1 aliphatic rings. The maximum Gasteiger partial charge on any atom is 0.138 e. The molecule has 0 aliphatic carbocycles. The highest BCUT2D eigenvalue weighted by molar-refractivity contribution is 5.50. The van der Waals surface area contributed by atoms with Gasteiger partial charge in [-0.2, -0.15) is 0 Å². The Morgan fingerprint density at radius 2 is 2.14 bits per heavy atom. The maximum atomic E-state index is 5.49. The van der Waals surface area contributed by atoms with Crippen LogP contribution in [0.25, 0.3) is 0 Å². The summed E-state index contributed by atoms with van der Waals surface area (Å²) in [4.78, 5) is 11.7. The molecule has 1 saturated heterocycles. The van der Waals surface area contributed by atoms with Crippen LogP contribution in [0.4, 0.5) is 11.6 Å². The standard InChI is InChI=1S/C16H28N4O/c1-6-8-17-13-10-14(19-15(18-13)16(2,3)4)20(5)12-7-9-21-11-12/h10,12H,6-9,11H2,1-5H3,(H,17,18,19). The highest BCUT2D eigenvalue weighted by Gasteiger charge is 2.24. The van der Waals surface area contributed by atoms with Crippen LogP contribution in [0.5, 0.6) is 0 Å². The van der Waals surface area contributed by atoms with Crippen LogP contribution in [0.1, 0.15) is 46.4 Å². The van der Waals surface area contributed by atoms with Gasteiger partial charge >= 0.3 is 0 Å². The van der Waals surface area contributed by atoms with Crippen molar-refractivity contribution in [1.82, 2.24) is 9.97 Å². The first-order valence-electron chi connectivity index (χ1n) is 7.86. The summed E-state index contributed by atoms with van der Waals surface area (Å²) in [6.45, 7) is 11.1. The lowest BCUT2D eigenvalue weighted by Gasteiger charge is -2.27. The molecule has 1 aromatic rings. The number of rotatable bonds is 5. The van der Waals surface area contributed by atoms with Crippen molar-refractivity contribution in [3.8, 4) is 0 Å². The highest BCUT2D eigenvalue weighted by Crippen LogP contribution is 2.25. The van der Waals surface area contributed by atoms with E-state index in [0.717, 1.165) is 50.1 Å². The average Bonchev–Trinajstić information content (AvgIpc) is 2.97. The number of nitrogens with zero attached hydrogens (tertiary/aromatic N) is 3. The molecule has 118 valence electrons. The predicted octanol–water partition coefficient (Wildman–Crippen LogP) is 2.82. The summed E-state index contributed by atoms with van der Waals surface area (Å²) >= 11 is 0. The molecule has 2 rings (SSSR count). The zero-order valence-electron chi connectivity index (χ0n) is 13.9. The molecular formula is C16H28N4O. The number of aromatic nitrogens is 2. The van der Waals surface area contributed by atoms with E-state index in [0.29, 0.717) is 6.04 Å². The number of likely N-dealkylation sites (N-methyl/N-ethyl adjacent to an activating group) is 1. The molecule has 0 bridgehead atoms. The molecule has 21 heavy (non-hydrogen) atoms. The second-order valence-corrected chi connectivity index (χ2v) is 6.74. The summed E-state index contributed by atoms with van der Waals surface area (Å²) in [5.74, 6) is 2.77. The summed E-state index contributed by atoms with van der Waals surface area (Å²) in [5, 5.41) is 3.38. The van der Waals surface area contributed by atoms with Gasteiger partial charge in [0.1, 0.15) is 17.5 Å². The molecule has 1 aromatic heterocycles. The Kier molecular flexibility index (Phi) is 5.04. The van der Waals surface area contributed by atoms with E-state index in [1.54, 1.807) is 0 Å². The lowest BCUT2D eigenvalue weighted by molar-refractivity contribution is 0.193. The van der Waals surface area contributed by atoms with E-state index in [9.17, 15) is 0 Å². The number of hydrogen-bond donors (Lipinski definition) is 1. The highest BCUT2D eigenvalue weighted by atomic mass is 16.5. The number of hydrogen-bond acceptors (Lipinski definition) is 5. The minimum Gasteiger partial charge on any atom is -0.379 e. The number of anilines is 2. The van der Waals surface area contributed by atoms with Gasteiger partial charge in [-0.05, 0) is 12.8 Å². The molecule has 0 spiro atoms. The monoisotopic (exact) mass is 292 g/mol. The molecular weight excluding hydrogens is 264 g/mol. The number of nitrogens with one attached hydrogen (secondary N) is 1. The first-order chi connectivity index (χ1) is 9.91. The third-order valence-electron chi connectivity index (χ3n) is 3.75. The minimum absolute atomic E-state index is 0.0638. The Hall–Kier alpha value is -1.36. The molecule has 1 unspecified atom stereocenters. The quantitative estimate of drug-likeness (QED) is 0.904. The van der Waals surface area contributed by atoms with Gasteiger partial charge in [0, 0.05) is 31.7 Å². The van der Waals surface area contributed by atoms with E-state index in [1.165, 1.54) is 0 Å². The smallest absolute Gasteiger partial charge is 0.138 e. The Morgan fingerprint density at radius 1 is 1.38 bits per heavy atom. The molecule has 5 nitrogen and oxygen atoms in total. The molecule has 2 heterocycles. The van der Waals surface area contributed by atoms with E-state index >= 15 is 0 Å². The third kappa shape index (κ3) is 4.06. The van der Waals surface area contributed by atoms with Crippen molar-refractivity contribution < 1.29 is 4.74 Å². The lowest BCUT2D eigenvalue weighted by atomic mass is 9.95. The summed E-state index contributed by atoms with van der Waals surface area (Å²) in [5.41, 5.74) is -0.0638. The van der Waals surface area contributed by atoms with Crippen LogP contribution in [0.15, 0.2) is 6.07 Å². The van der Waals surface area contributed by atoms with Crippen molar-refractivity contribution in [2.75, 3.05) is 37.0 Å². The second-order valence-electron chi connectivity index (χ2n) is 6.74. The Morgan fingerprint density at radius 3 is 2.71 bits per heavy atom. The molecule has 1 N–H and O–H groups in total. The van der Waals surface area contributed by atoms with Crippen molar-refractivity contribution in [1.29, 1.82) is 0 Å². The van der Waals surface area contributed by atoms with Crippen LogP contribution in [0.3, 0.4) is 0 Å². The van der Waals surface area contributed by atoms with Crippen LogP contribution in [0, 0.1) is 0 Å². The summed E-state index contributed by atoms with van der Waals surface area (Å²) in [7, 11) is 2.09. The lowest BCUT2D eigenvalue weighted by Crippen LogP contribution is -2.33. The second kappa shape index (κ2) is 6.60. The summed E-state index contributed by atoms with van der Waals surface area (Å²) in [6.07, 6.45) is 2.14. The zero-order valence-corrected chi connectivity index (χ0v) is 13.9. The van der Waals surface area contributed by atoms with Gasteiger partial charge in [0.05, 0.1) is 12.6 Å². The van der Waals surface area contributed by atoms with E-state index in [2.05, 4.69) is 49.9 Å². The van der Waals surface area contributed by atoms with Crippen molar-refractivity contribution >= 4 is 11.6 Å². The van der Waals surface area contributed by atoms with Gasteiger partial charge in [0.2, 0.25) is 0 Å². The molecule has 1 aliphatic heterocycles. The normalized spacial score (nSPS) is 18.8. The van der Waals surface area contributed by atoms with Crippen molar-refractivity contribution in [3.05, 3.63) is 11.9 Å². The number of ether oxygens (including phenoxy) is 1. The molecule has 0 radical (unpaired) electrons. The fourth-order valence-corrected chi connectivity index (χ4v) is 2.31. The van der Waals surface area contributed by atoms with Gasteiger partial charge in [-0.15, -0.1) is 0 Å². The zero-order chi connectivity index (χ0) is 15.5. The van der Waals surface area contributed by atoms with Crippen LogP contribution < -0.4 is 10.2 Å². The van der Waals surface area contributed by atoms with E-state index < -0.39 is 0 Å². The Balaban J connectivity index is 2.29. The fraction of sp³-hybridized carbons (Fsp3) is 0.750. The summed E-state index contributed by atoms with van der Waals surface area (Å²) < 4.78 is 5.49. The average molecular weight is 292 g/mol. The first-order valence-corrected chi connectivity index (χ1v) is 7.86. The summed E-state index contributed by atoms with van der Waals surface area (Å²) in [6, 6.07) is 2.45. The first kappa shape index (κ1) is 16.0. The predicted molar refractivity (Wildman–Crippen MR) is 87.1 cm³/mol. The van der Waals surface area contributed by atoms with Crippen molar-refractivity contribution in [2.24, 2.45) is 0 Å². The van der Waals surface area contributed by atoms with Crippen LogP contribution in [0.2, 0.25) is 0 Å².